The molecule has 0 fully saturated rings. The van der Waals surface area contributed by atoms with E-state index in [4.69, 9.17) is 15.2 Å². The highest BCUT2D eigenvalue weighted by molar-refractivity contribution is 5.57. The van der Waals surface area contributed by atoms with Crippen molar-refractivity contribution in [3.8, 4) is 11.5 Å². The van der Waals surface area contributed by atoms with Crippen LogP contribution in [-0.4, -0.2) is 31.7 Å². The summed E-state index contributed by atoms with van der Waals surface area (Å²) in [5.41, 5.74) is 10.8. The third kappa shape index (κ3) is 2.61. The summed E-state index contributed by atoms with van der Waals surface area (Å²) < 4.78 is 11.0. The molecular formula is C20H26N2O2. The first kappa shape index (κ1) is 16.7. The highest BCUT2D eigenvalue weighted by Gasteiger charge is 2.39. The first-order valence-corrected chi connectivity index (χ1v) is 8.21. The van der Waals surface area contributed by atoms with Crippen molar-refractivity contribution in [3.05, 3.63) is 53.1 Å². The maximum atomic E-state index is 6.30. The summed E-state index contributed by atoms with van der Waals surface area (Å²) in [6.45, 7) is 4.53. The van der Waals surface area contributed by atoms with Crippen LogP contribution in [0.15, 0.2) is 36.4 Å². The zero-order valence-electron chi connectivity index (χ0n) is 15.1. The Balaban J connectivity index is 2.24. The molecule has 24 heavy (non-hydrogen) atoms. The quantitative estimate of drug-likeness (QED) is 0.875. The summed E-state index contributed by atoms with van der Waals surface area (Å²) in [6, 6.07) is 12.4. The molecule has 0 radical (unpaired) electrons. The Morgan fingerprint density at radius 1 is 1.04 bits per heavy atom. The molecule has 128 valence electrons. The van der Waals surface area contributed by atoms with Gasteiger partial charge in [-0.25, -0.2) is 0 Å². The van der Waals surface area contributed by atoms with Crippen molar-refractivity contribution in [3.63, 3.8) is 0 Å². The number of hydrogen-bond donors (Lipinski definition) is 1. The number of nitrogen functional groups attached to an aromatic ring is 1. The number of anilines is 1. The highest BCUT2D eigenvalue weighted by atomic mass is 16.5. The highest BCUT2D eigenvalue weighted by Crippen LogP contribution is 2.46. The molecular weight excluding hydrogens is 300 g/mol. The van der Waals surface area contributed by atoms with E-state index in [2.05, 4.69) is 44.0 Å². The molecule has 0 saturated carbocycles. The molecule has 1 aliphatic heterocycles. The first-order valence-electron chi connectivity index (χ1n) is 8.21. The summed E-state index contributed by atoms with van der Waals surface area (Å²) in [5.74, 6) is 1.53. The van der Waals surface area contributed by atoms with Crippen LogP contribution in [-0.2, 0) is 6.42 Å². The zero-order valence-corrected chi connectivity index (χ0v) is 15.1. The predicted molar refractivity (Wildman–Crippen MR) is 97.8 cm³/mol. The lowest BCUT2D eigenvalue weighted by Crippen LogP contribution is -2.49. The van der Waals surface area contributed by atoms with Crippen molar-refractivity contribution >= 4 is 5.69 Å². The molecule has 2 aromatic carbocycles. The van der Waals surface area contributed by atoms with Crippen molar-refractivity contribution in [2.75, 3.05) is 27.0 Å². The largest absolute Gasteiger partial charge is 0.493 e. The smallest absolute Gasteiger partial charge is 0.161 e. The van der Waals surface area contributed by atoms with Gasteiger partial charge >= 0.3 is 0 Å². The molecule has 0 amide bonds. The SMILES string of the molecule is COc1cc2c(cc1OC)C(c1ccccc1N)N(C)C(C)(C)C2. The fourth-order valence-corrected chi connectivity index (χ4v) is 3.63. The second-order valence-electron chi connectivity index (χ2n) is 7.04. The third-order valence-electron chi connectivity index (χ3n) is 5.20. The number of para-hydroxylation sites is 1. The second kappa shape index (κ2) is 6.02. The van der Waals surface area contributed by atoms with E-state index in [1.807, 2.05) is 18.2 Å². The summed E-state index contributed by atoms with van der Waals surface area (Å²) in [4.78, 5) is 2.40. The van der Waals surface area contributed by atoms with E-state index in [1.54, 1.807) is 14.2 Å². The minimum atomic E-state index is 0.0134. The summed E-state index contributed by atoms with van der Waals surface area (Å²) >= 11 is 0. The number of nitrogens with zero attached hydrogens (tertiary/aromatic N) is 1. The Bertz CT molecular complexity index is 755. The normalized spacial score (nSPS) is 19.6. The lowest BCUT2D eigenvalue weighted by Gasteiger charge is -2.47. The lowest BCUT2D eigenvalue weighted by atomic mass is 9.79. The van der Waals surface area contributed by atoms with Gasteiger partial charge in [0, 0.05) is 11.2 Å². The van der Waals surface area contributed by atoms with Crippen LogP contribution in [0.3, 0.4) is 0 Å². The van der Waals surface area contributed by atoms with Gasteiger partial charge in [0.15, 0.2) is 11.5 Å². The standard InChI is InChI=1S/C20H26N2O2/c1-20(2)12-13-10-17(23-4)18(24-5)11-15(13)19(22(20)3)14-8-6-7-9-16(14)21/h6-11,19H,12,21H2,1-5H3. The molecule has 1 unspecified atom stereocenters. The monoisotopic (exact) mass is 326 g/mol. The van der Waals surface area contributed by atoms with Crippen molar-refractivity contribution in [1.82, 2.24) is 4.90 Å². The molecule has 0 aromatic heterocycles. The van der Waals surface area contributed by atoms with E-state index in [-0.39, 0.29) is 11.6 Å². The van der Waals surface area contributed by atoms with Crippen LogP contribution in [0.5, 0.6) is 11.5 Å². The van der Waals surface area contributed by atoms with Crippen molar-refractivity contribution in [2.24, 2.45) is 0 Å². The fraction of sp³-hybridized carbons (Fsp3) is 0.400. The van der Waals surface area contributed by atoms with E-state index in [9.17, 15) is 0 Å². The second-order valence-corrected chi connectivity index (χ2v) is 7.04. The Labute approximate surface area is 144 Å². The number of ether oxygens (including phenoxy) is 2. The molecule has 0 aliphatic carbocycles. The minimum Gasteiger partial charge on any atom is -0.493 e. The van der Waals surface area contributed by atoms with Crippen LogP contribution in [0.4, 0.5) is 5.69 Å². The van der Waals surface area contributed by atoms with Crippen molar-refractivity contribution < 1.29 is 9.47 Å². The Morgan fingerprint density at radius 3 is 2.29 bits per heavy atom. The van der Waals surface area contributed by atoms with Gasteiger partial charge < -0.3 is 15.2 Å². The molecule has 1 aliphatic rings. The van der Waals surface area contributed by atoms with Gasteiger partial charge in [0.1, 0.15) is 0 Å². The van der Waals surface area contributed by atoms with Gasteiger partial charge in [0.05, 0.1) is 20.3 Å². The molecule has 2 N–H and O–H groups in total. The van der Waals surface area contributed by atoms with Crippen LogP contribution in [0.25, 0.3) is 0 Å². The third-order valence-corrected chi connectivity index (χ3v) is 5.20. The fourth-order valence-electron chi connectivity index (χ4n) is 3.63. The van der Waals surface area contributed by atoms with Gasteiger partial charge in [-0.1, -0.05) is 18.2 Å². The van der Waals surface area contributed by atoms with E-state index in [0.29, 0.717) is 0 Å². The molecule has 0 spiro atoms. The first-order chi connectivity index (χ1) is 11.4. The minimum absolute atomic E-state index is 0.0134. The average Bonchev–Trinajstić information content (AvgIpc) is 2.56. The van der Waals surface area contributed by atoms with Crippen molar-refractivity contribution in [1.29, 1.82) is 0 Å². The van der Waals surface area contributed by atoms with Crippen LogP contribution in [0, 0.1) is 0 Å². The molecule has 1 heterocycles. The maximum absolute atomic E-state index is 6.30. The maximum Gasteiger partial charge on any atom is 0.161 e. The van der Waals surface area contributed by atoms with Gasteiger partial charge in [-0.15, -0.1) is 0 Å². The van der Waals surface area contributed by atoms with Crippen LogP contribution in [0.2, 0.25) is 0 Å². The van der Waals surface area contributed by atoms with Crippen LogP contribution in [0.1, 0.15) is 36.6 Å². The lowest BCUT2D eigenvalue weighted by molar-refractivity contribution is 0.105. The number of hydrogen-bond acceptors (Lipinski definition) is 4. The number of benzene rings is 2. The van der Waals surface area contributed by atoms with Crippen molar-refractivity contribution in [2.45, 2.75) is 31.8 Å². The summed E-state index contributed by atoms with van der Waals surface area (Å²) in [5, 5.41) is 0. The topological polar surface area (TPSA) is 47.7 Å². The number of methoxy groups -OCH3 is 2. The van der Waals surface area contributed by atoms with E-state index < -0.39 is 0 Å². The molecule has 1 atom stereocenters. The number of likely N-dealkylation sites (N-methyl/N-ethyl adjacent to an activating group) is 1. The molecule has 4 nitrogen and oxygen atoms in total. The molecule has 0 saturated heterocycles. The van der Waals surface area contributed by atoms with Gasteiger partial charge in [0.2, 0.25) is 0 Å². The van der Waals surface area contributed by atoms with Crippen LogP contribution >= 0.6 is 0 Å². The number of nitrogens with two attached hydrogens (primary N) is 1. The number of fused-ring (bicyclic) bond motifs is 1. The van der Waals surface area contributed by atoms with Gasteiger partial charge in [-0.3, -0.25) is 4.90 Å². The van der Waals surface area contributed by atoms with Gasteiger partial charge in [-0.05, 0) is 62.2 Å². The van der Waals surface area contributed by atoms with E-state index >= 15 is 0 Å². The van der Waals surface area contributed by atoms with E-state index in [1.165, 1.54) is 11.1 Å². The summed E-state index contributed by atoms with van der Waals surface area (Å²) in [6.07, 6.45) is 0.947. The Morgan fingerprint density at radius 2 is 1.67 bits per heavy atom. The Kier molecular flexibility index (Phi) is 4.18. The van der Waals surface area contributed by atoms with Gasteiger partial charge in [-0.2, -0.15) is 0 Å². The zero-order chi connectivity index (χ0) is 17.5. The molecule has 0 bridgehead atoms. The van der Waals surface area contributed by atoms with E-state index in [0.717, 1.165) is 29.2 Å². The Hall–Kier alpha value is -2.20. The molecule has 3 rings (SSSR count). The van der Waals surface area contributed by atoms with Crippen LogP contribution < -0.4 is 15.2 Å². The summed E-state index contributed by atoms with van der Waals surface area (Å²) in [7, 11) is 5.51. The molecule has 4 heteroatoms. The van der Waals surface area contributed by atoms with Gasteiger partial charge in [0.25, 0.3) is 0 Å². The predicted octanol–water partition coefficient (Wildman–Crippen LogP) is 3.64. The average molecular weight is 326 g/mol. The molecule has 2 aromatic rings. The number of rotatable bonds is 3.